The summed E-state index contributed by atoms with van der Waals surface area (Å²) in [5.74, 6) is 1.28. The highest BCUT2D eigenvalue weighted by molar-refractivity contribution is 5.80. The topological polar surface area (TPSA) is 89.5 Å². The van der Waals surface area contributed by atoms with E-state index in [9.17, 15) is 4.79 Å². The molecule has 31 heavy (non-hydrogen) atoms. The van der Waals surface area contributed by atoms with Crippen molar-refractivity contribution in [2.24, 2.45) is 5.92 Å². The van der Waals surface area contributed by atoms with Gasteiger partial charge in [0.05, 0.1) is 38.1 Å². The minimum Gasteiger partial charge on any atom is -0.493 e. The van der Waals surface area contributed by atoms with Crippen molar-refractivity contribution in [3.63, 3.8) is 0 Å². The molecule has 0 spiro atoms. The van der Waals surface area contributed by atoms with Crippen LogP contribution in [0.3, 0.4) is 0 Å². The van der Waals surface area contributed by atoms with Gasteiger partial charge < -0.3 is 19.7 Å². The van der Waals surface area contributed by atoms with E-state index < -0.39 is 0 Å². The third kappa shape index (κ3) is 4.52. The monoisotopic (exact) mass is 421 g/mol. The Labute approximate surface area is 181 Å². The summed E-state index contributed by atoms with van der Waals surface area (Å²) in [6.45, 7) is 3.52. The number of rotatable bonds is 6. The average Bonchev–Trinajstić information content (AvgIpc) is 2.83. The molecule has 8 heteroatoms. The van der Waals surface area contributed by atoms with Crippen LogP contribution in [0.4, 0.5) is 5.69 Å². The van der Waals surface area contributed by atoms with Crippen LogP contribution in [0.1, 0.15) is 31.4 Å². The molecule has 1 amide bonds. The first kappa shape index (κ1) is 20.8. The summed E-state index contributed by atoms with van der Waals surface area (Å²) in [4.78, 5) is 28.2. The van der Waals surface area contributed by atoms with E-state index in [1.165, 1.54) is 0 Å². The zero-order valence-corrected chi connectivity index (χ0v) is 18.0. The second kappa shape index (κ2) is 9.16. The summed E-state index contributed by atoms with van der Waals surface area (Å²) in [7, 11) is 3.21. The van der Waals surface area contributed by atoms with Crippen LogP contribution in [0.25, 0.3) is 11.2 Å². The van der Waals surface area contributed by atoms with Crippen molar-refractivity contribution in [3.8, 4) is 11.5 Å². The Morgan fingerprint density at radius 1 is 1.13 bits per heavy atom. The largest absolute Gasteiger partial charge is 0.493 e. The Morgan fingerprint density at radius 2 is 1.94 bits per heavy atom. The van der Waals surface area contributed by atoms with Crippen LogP contribution in [-0.2, 0) is 4.79 Å². The van der Waals surface area contributed by atoms with E-state index in [1.54, 1.807) is 26.6 Å². The van der Waals surface area contributed by atoms with Crippen LogP contribution in [0, 0.1) is 5.92 Å². The molecule has 1 N–H and O–H groups in total. The fourth-order valence-electron chi connectivity index (χ4n) is 3.98. The number of benzene rings is 1. The second-order valence-corrected chi connectivity index (χ2v) is 7.72. The number of hydrogen-bond donors (Lipinski definition) is 1. The van der Waals surface area contributed by atoms with Gasteiger partial charge in [0, 0.05) is 25.5 Å². The lowest BCUT2D eigenvalue weighted by atomic mass is 9.96. The average molecular weight is 422 g/mol. The highest BCUT2D eigenvalue weighted by Crippen LogP contribution is 2.30. The van der Waals surface area contributed by atoms with E-state index in [1.807, 2.05) is 37.4 Å². The van der Waals surface area contributed by atoms with E-state index >= 15 is 0 Å². The predicted octanol–water partition coefficient (Wildman–Crippen LogP) is 3.14. The summed E-state index contributed by atoms with van der Waals surface area (Å²) in [6, 6.07) is 7.55. The Bertz CT molecular complexity index is 1070. The summed E-state index contributed by atoms with van der Waals surface area (Å²) < 4.78 is 10.7. The van der Waals surface area contributed by atoms with Crippen molar-refractivity contribution >= 4 is 22.8 Å². The molecule has 8 nitrogen and oxygen atoms in total. The van der Waals surface area contributed by atoms with Crippen molar-refractivity contribution in [2.45, 2.75) is 25.8 Å². The lowest BCUT2D eigenvalue weighted by molar-refractivity contribution is -0.125. The standard InChI is InChI=1S/C23H27N5O3/c1-15(16-6-7-20(30-2)21(11-16)31-3)27-23(29)17-5-4-10-28(14-17)18-12-19-22(26-13-18)25-9-8-24-19/h6-9,11-13,15,17H,4-5,10,14H2,1-3H3,(H,27,29)/t15-,17+/m1/s1. The van der Waals surface area contributed by atoms with Crippen molar-refractivity contribution < 1.29 is 14.3 Å². The molecule has 0 radical (unpaired) electrons. The molecule has 1 saturated heterocycles. The highest BCUT2D eigenvalue weighted by atomic mass is 16.5. The van der Waals surface area contributed by atoms with Gasteiger partial charge in [0.25, 0.3) is 0 Å². The van der Waals surface area contributed by atoms with Gasteiger partial charge >= 0.3 is 0 Å². The number of methoxy groups -OCH3 is 2. The number of anilines is 1. The number of amides is 1. The Morgan fingerprint density at radius 3 is 2.74 bits per heavy atom. The van der Waals surface area contributed by atoms with Gasteiger partial charge in [-0.2, -0.15) is 0 Å². The number of fused-ring (bicyclic) bond motifs is 1. The van der Waals surface area contributed by atoms with Gasteiger partial charge in [-0.05, 0) is 43.5 Å². The molecule has 3 aromatic rings. The molecule has 2 atom stereocenters. The maximum atomic E-state index is 13.0. The molecule has 0 saturated carbocycles. The van der Waals surface area contributed by atoms with Crippen LogP contribution < -0.4 is 19.7 Å². The van der Waals surface area contributed by atoms with Crippen LogP contribution in [0.15, 0.2) is 42.9 Å². The zero-order chi connectivity index (χ0) is 21.8. The van der Waals surface area contributed by atoms with Crippen LogP contribution in [0.5, 0.6) is 11.5 Å². The summed E-state index contributed by atoms with van der Waals surface area (Å²) >= 11 is 0. The molecule has 4 rings (SSSR count). The molecular formula is C23H27N5O3. The number of pyridine rings is 1. The van der Waals surface area contributed by atoms with Crippen LogP contribution in [-0.4, -0.2) is 48.2 Å². The predicted molar refractivity (Wildman–Crippen MR) is 118 cm³/mol. The molecule has 3 heterocycles. The summed E-state index contributed by atoms with van der Waals surface area (Å²) in [5.41, 5.74) is 3.32. The Kier molecular flexibility index (Phi) is 6.16. The molecular weight excluding hydrogens is 394 g/mol. The fourth-order valence-corrected chi connectivity index (χ4v) is 3.98. The van der Waals surface area contributed by atoms with Gasteiger partial charge in [-0.15, -0.1) is 0 Å². The second-order valence-electron chi connectivity index (χ2n) is 7.72. The molecule has 0 aliphatic carbocycles. The van der Waals surface area contributed by atoms with E-state index in [0.717, 1.165) is 36.2 Å². The Balaban J connectivity index is 1.43. The fraction of sp³-hybridized carbons (Fsp3) is 0.391. The number of hydrogen-bond acceptors (Lipinski definition) is 7. The SMILES string of the molecule is COc1ccc([C@@H](C)NC(=O)[C@H]2CCCN(c3cnc4nccnc4c3)C2)cc1OC. The normalized spacial score (nSPS) is 17.3. The number of ether oxygens (including phenoxy) is 2. The summed E-state index contributed by atoms with van der Waals surface area (Å²) in [5, 5.41) is 3.16. The number of piperidine rings is 1. The molecule has 1 aliphatic heterocycles. The van der Waals surface area contributed by atoms with Crippen molar-refractivity contribution in [1.82, 2.24) is 20.3 Å². The molecule has 1 aromatic carbocycles. The van der Waals surface area contributed by atoms with Crippen LogP contribution >= 0.6 is 0 Å². The van der Waals surface area contributed by atoms with Gasteiger partial charge in [0.1, 0.15) is 5.52 Å². The lowest BCUT2D eigenvalue weighted by Gasteiger charge is -2.34. The quantitative estimate of drug-likeness (QED) is 0.654. The molecule has 2 aromatic heterocycles. The van der Waals surface area contributed by atoms with E-state index in [-0.39, 0.29) is 17.9 Å². The minimum absolute atomic E-state index is 0.0560. The van der Waals surface area contributed by atoms with E-state index in [2.05, 4.69) is 25.2 Å². The van der Waals surface area contributed by atoms with Crippen molar-refractivity contribution in [3.05, 3.63) is 48.4 Å². The van der Waals surface area contributed by atoms with Gasteiger partial charge in [0.15, 0.2) is 17.1 Å². The maximum absolute atomic E-state index is 13.0. The maximum Gasteiger partial charge on any atom is 0.225 e. The van der Waals surface area contributed by atoms with Crippen molar-refractivity contribution in [1.29, 1.82) is 0 Å². The first-order chi connectivity index (χ1) is 15.1. The first-order valence-corrected chi connectivity index (χ1v) is 10.4. The highest BCUT2D eigenvalue weighted by Gasteiger charge is 2.27. The third-order valence-electron chi connectivity index (χ3n) is 5.73. The Hall–Kier alpha value is -3.42. The van der Waals surface area contributed by atoms with Crippen LogP contribution in [0.2, 0.25) is 0 Å². The molecule has 0 bridgehead atoms. The number of nitrogens with one attached hydrogen (secondary N) is 1. The third-order valence-corrected chi connectivity index (χ3v) is 5.73. The van der Waals surface area contributed by atoms with Crippen molar-refractivity contribution in [2.75, 3.05) is 32.2 Å². The van der Waals surface area contributed by atoms with E-state index in [4.69, 9.17) is 9.47 Å². The zero-order valence-electron chi connectivity index (χ0n) is 18.0. The van der Waals surface area contributed by atoms with E-state index in [0.29, 0.717) is 23.7 Å². The van der Waals surface area contributed by atoms with Gasteiger partial charge in [0.2, 0.25) is 5.91 Å². The smallest absolute Gasteiger partial charge is 0.225 e. The summed E-state index contributed by atoms with van der Waals surface area (Å²) in [6.07, 6.45) is 6.92. The molecule has 1 fully saturated rings. The number of carbonyl (C=O) groups is 1. The first-order valence-electron chi connectivity index (χ1n) is 10.4. The lowest BCUT2D eigenvalue weighted by Crippen LogP contribution is -2.43. The van der Waals surface area contributed by atoms with Gasteiger partial charge in [-0.3, -0.25) is 9.78 Å². The molecule has 1 aliphatic rings. The molecule has 0 unspecified atom stereocenters. The molecule has 162 valence electrons. The number of carbonyl (C=O) groups excluding carboxylic acids is 1. The van der Waals surface area contributed by atoms with Gasteiger partial charge in [-0.1, -0.05) is 6.07 Å². The number of nitrogens with zero attached hydrogens (tertiary/aromatic N) is 4. The number of aromatic nitrogens is 3. The minimum atomic E-state index is -0.139. The van der Waals surface area contributed by atoms with Gasteiger partial charge in [-0.25, -0.2) is 9.97 Å².